The van der Waals surface area contributed by atoms with Gasteiger partial charge in [0.25, 0.3) is 0 Å². The summed E-state index contributed by atoms with van der Waals surface area (Å²) in [6, 6.07) is 7.68. The summed E-state index contributed by atoms with van der Waals surface area (Å²) in [5.74, 6) is -0.266. The Morgan fingerprint density at radius 1 is 1.26 bits per heavy atom. The van der Waals surface area contributed by atoms with Gasteiger partial charge in [0.05, 0.1) is 18.8 Å². The van der Waals surface area contributed by atoms with Gasteiger partial charge in [-0.3, -0.25) is 0 Å². The molecule has 1 saturated heterocycles. The Morgan fingerprint density at radius 2 is 1.84 bits per heavy atom. The molecule has 0 unspecified atom stereocenters. The molecule has 104 valence electrons. The second kappa shape index (κ2) is 4.97. The molecule has 1 fully saturated rings. The highest BCUT2D eigenvalue weighted by molar-refractivity contribution is 5.89. The predicted octanol–water partition coefficient (Wildman–Crippen LogP) is 3.22. The maximum atomic E-state index is 11.9. The minimum absolute atomic E-state index is 0.257. The maximum Gasteiger partial charge on any atom is 0.338 e. The minimum Gasteiger partial charge on any atom is -0.456 e. The zero-order valence-corrected chi connectivity index (χ0v) is 12.2. The highest BCUT2D eigenvalue weighted by Crippen LogP contribution is 2.30. The first-order valence-electron chi connectivity index (χ1n) is 6.68. The fourth-order valence-electron chi connectivity index (χ4n) is 2.14. The summed E-state index contributed by atoms with van der Waals surface area (Å²) in [7, 11) is 0. The Balaban J connectivity index is 2.00. The number of hydrogen-bond acceptors (Lipinski definition) is 3. The lowest BCUT2D eigenvalue weighted by atomic mass is 9.82. The van der Waals surface area contributed by atoms with Crippen molar-refractivity contribution in [1.82, 2.24) is 0 Å². The van der Waals surface area contributed by atoms with Crippen molar-refractivity contribution in [3.63, 3.8) is 0 Å². The number of rotatable bonds is 3. The molecule has 0 aliphatic carbocycles. The smallest absolute Gasteiger partial charge is 0.338 e. The van der Waals surface area contributed by atoms with Gasteiger partial charge >= 0.3 is 5.97 Å². The molecule has 0 N–H and O–H groups in total. The van der Waals surface area contributed by atoms with Gasteiger partial charge in [0.1, 0.15) is 5.60 Å². The molecule has 0 spiro atoms. The number of benzene rings is 1. The number of ether oxygens (including phenoxy) is 2. The SMILES string of the molecule is CC1(Cc2ccc(C(=O)OC(C)(C)C)cc2)COC1. The monoisotopic (exact) mass is 262 g/mol. The van der Waals surface area contributed by atoms with Gasteiger partial charge in [-0.15, -0.1) is 0 Å². The fraction of sp³-hybridized carbons (Fsp3) is 0.562. The van der Waals surface area contributed by atoms with Crippen LogP contribution in [0.5, 0.6) is 0 Å². The molecule has 1 aliphatic rings. The first-order valence-corrected chi connectivity index (χ1v) is 6.68. The van der Waals surface area contributed by atoms with E-state index in [9.17, 15) is 4.79 Å². The van der Waals surface area contributed by atoms with Gasteiger partial charge in [0.2, 0.25) is 0 Å². The molecule has 2 rings (SSSR count). The number of carbonyl (C=O) groups is 1. The molecule has 0 radical (unpaired) electrons. The van der Waals surface area contributed by atoms with Crippen LogP contribution >= 0.6 is 0 Å². The van der Waals surface area contributed by atoms with E-state index in [0.717, 1.165) is 19.6 Å². The van der Waals surface area contributed by atoms with Gasteiger partial charge in [0.15, 0.2) is 0 Å². The van der Waals surface area contributed by atoms with E-state index < -0.39 is 5.60 Å². The van der Waals surface area contributed by atoms with E-state index >= 15 is 0 Å². The zero-order chi connectivity index (χ0) is 14.1. The fourth-order valence-corrected chi connectivity index (χ4v) is 2.14. The molecule has 1 aromatic rings. The van der Waals surface area contributed by atoms with Crippen molar-refractivity contribution in [1.29, 1.82) is 0 Å². The van der Waals surface area contributed by atoms with Crippen LogP contribution in [0.4, 0.5) is 0 Å². The van der Waals surface area contributed by atoms with Crippen LogP contribution in [0.15, 0.2) is 24.3 Å². The Kier molecular flexibility index (Phi) is 3.68. The first kappa shape index (κ1) is 14.1. The Labute approximate surface area is 114 Å². The molecule has 0 aromatic heterocycles. The molecule has 3 heteroatoms. The third-order valence-electron chi connectivity index (χ3n) is 3.12. The van der Waals surface area contributed by atoms with Crippen LogP contribution in [0, 0.1) is 5.41 Å². The predicted molar refractivity (Wildman–Crippen MR) is 74.2 cm³/mol. The van der Waals surface area contributed by atoms with Gasteiger partial charge < -0.3 is 9.47 Å². The lowest BCUT2D eigenvalue weighted by Crippen LogP contribution is -2.41. The highest BCUT2D eigenvalue weighted by atomic mass is 16.6. The highest BCUT2D eigenvalue weighted by Gasteiger charge is 2.33. The van der Waals surface area contributed by atoms with E-state index in [2.05, 4.69) is 6.92 Å². The molecular weight excluding hydrogens is 240 g/mol. The van der Waals surface area contributed by atoms with Gasteiger partial charge in [-0.1, -0.05) is 19.1 Å². The molecule has 0 bridgehead atoms. The molecule has 1 aromatic carbocycles. The van der Waals surface area contributed by atoms with Gasteiger partial charge in [0, 0.05) is 5.41 Å². The van der Waals surface area contributed by atoms with Gasteiger partial charge in [-0.05, 0) is 44.9 Å². The molecule has 1 heterocycles. The van der Waals surface area contributed by atoms with Gasteiger partial charge in [-0.2, -0.15) is 0 Å². The van der Waals surface area contributed by atoms with Crippen LogP contribution < -0.4 is 0 Å². The number of carbonyl (C=O) groups excluding carboxylic acids is 1. The molecule has 3 nitrogen and oxygen atoms in total. The van der Waals surface area contributed by atoms with Crippen LogP contribution in [-0.4, -0.2) is 24.8 Å². The van der Waals surface area contributed by atoms with Crippen LogP contribution in [-0.2, 0) is 15.9 Å². The van der Waals surface area contributed by atoms with E-state index in [1.54, 1.807) is 0 Å². The van der Waals surface area contributed by atoms with Crippen molar-refractivity contribution in [3.05, 3.63) is 35.4 Å². The quantitative estimate of drug-likeness (QED) is 0.785. The standard InChI is InChI=1S/C16H22O3/c1-15(2,3)19-14(17)13-7-5-12(6-8-13)9-16(4)10-18-11-16/h5-8H,9-11H2,1-4H3. The maximum absolute atomic E-state index is 11.9. The molecule has 0 amide bonds. The van der Waals surface area contributed by atoms with Crippen molar-refractivity contribution in [2.75, 3.05) is 13.2 Å². The van der Waals surface area contributed by atoms with Crippen molar-refractivity contribution in [2.24, 2.45) is 5.41 Å². The van der Waals surface area contributed by atoms with E-state index in [-0.39, 0.29) is 11.4 Å². The van der Waals surface area contributed by atoms with E-state index in [1.165, 1.54) is 5.56 Å². The second-order valence-corrected chi connectivity index (χ2v) is 6.68. The average molecular weight is 262 g/mol. The van der Waals surface area contributed by atoms with Crippen LogP contribution in [0.2, 0.25) is 0 Å². The van der Waals surface area contributed by atoms with Crippen molar-refractivity contribution < 1.29 is 14.3 Å². The zero-order valence-electron chi connectivity index (χ0n) is 12.2. The van der Waals surface area contributed by atoms with Crippen LogP contribution in [0.1, 0.15) is 43.6 Å². The Hall–Kier alpha value is -1.35. The molecule has 19 heavy (non-hydrogen) atoms. The number of esters is 1. The first-order chi connectivity index (χ1) is 8.77. The molecule has 0 saturated carbocycles. The third-order valence-corrected chi connectivity index (χ3v) is 3.12. The van der Waals surface area contributed by atoms with Crippen molar-refractivity contribution >= 4 is 5.97 Å². The average Bonchev–Trinajstić information content (AvgIpc) is 2.25. The van der Waals surface area contributed by atoms with Gasteiger partial charge in [-0.25, -0.2) is 4.79 Å². The minimum atomic E-state index is -0.452. The normalized spacial score (nSPS) is 17.7. The van der Waals surface area contributed by atoms with Crippen LogP contribution in [0.3, 0.4) is 0 Å². The second-order valence-electron chi connectivity index (χ2n) is 6.68. The van der Waals surface area contributed by atoms with E-state index in [1.807, 2.05) is 45.0 Å². The molecule has 1 aliphatic heterocycles. The van der Waals surface area contributed by atoms with E-state index in [0.29, 0.717) is 5.56 Å². The van der Waals surface area contributed by atoms with Crippen molar-refractivity contribution in [2.45, 2.75) is 39.7 Å². The summed E-state index contributed by atoms with van der Waals surface area (Å²) < 4.78 is 10.6. The topological polar surface area (TPSA) is 35.5 Å². The summed E-state index contributed by atoms with van der Waals surface area (Å²) >= 11 is 0. The lowest BCUT2D eigenvalue weighted by Gasteiger charge is -2.38. The summed E-state index contributed by atoms with van der Waals surface area (Å²) in [5, 5.41) is 0. The summed E-state index contributed by atoms with van der Waals surface area (Å²) in [5.41, 5.74) is 1.65. The Morgan fingerprint density at radius 3 is 2.26 bits per heavy atom. The van der Waals surface area contributed by atoms with E-state index in [4.69, 9.17) is 9.47 Å². The Bertz CT molecular complexity index is 450. The van der Waals surface area contributed by atoms with Crippen LogP contribution in [0.25, 0.3) is 0 Å². The number of hydrogen-bond donors (Lipinski definition) is 0. The largest absolute Gasteiger partial charge is 0.456 e. The third kappa shape index (κ3) is 3.80. The lowest BCUT2D eigenvalue weighted by molar-refractivity contribution is -0.100. The summed E-state index contributed by atoms with van der Waals surface area (Å²) in [6.45, 7) is 9.48. The summed E-state index contributed by atoms with van der Waals surface area (Å²) in [6.07, 6.45) is 0.988. The van der Waals surface area contributed by atoms with Crippen molar-refractivity contribution in [3.8, 4) is 0 Å². The molecular formula is C16H22O3. The molecule has 0 atom stereocenters. The summed E-state index contributed by atoms with van der Waals surface area (Å²) in [4.78, 5) is 11.9.